The van der Waals surface area contributed by atoms with Gasteiger partial charge in [0.2, 0.25) is 0 Å². The molecule has 0 saturated carbocycles. The first kappa shape index (κ1) is 27.6. The first-order valence-corrected chi connectivity index (χ1v) is 11.7. The second-order valence-electron chi connectivity index (χ2n) is 6.16. The van der Waals surface area contributed by atoms with E-state index < -0.39 is 20.2 Å². The fourth-order valence-corrected chi connectivity index (χ4v) is 3.40. The number of hydrogen-bond acceptors (Lipinski definition) is 10. The van der Waals surface area contributed by atoms with Crippen LogP contribution < -0.4 is 11.5 Å². The molecule has 0 fully saturated rings. The maximum absolute atomic E-state index is 10.3. The zero-order valence-electron chi connectivity index (χ0n) is 15.8. The second kappa shape index (κ2) is 13.0. The Kier molecular flexibility index (Phi) is 12.4. The third-order valence-electron chi connectivity index (χ3n) is 3.83. The van der Waals surface area contributed by atoms with Crippen LogP contribution in [0.4, 0.5) is 0 Å². The molecule has 0 bridgehead atoms. The van der Waals surface area contributed by atoms with E-state index in [1.807, 2.05) is 34.1 Å². The Morgan fingerprint density at radius 1 is 0.793 bits per heavy atom. The van der Waals surface area contributed by atoms with Gasteiger partial charge in [0, 0.05) is 37.7 Å². The van der Waals surface area contributed by atoms with Crippen LogP contribution in [0.2, 0.25) is 0 Å². The molecular weight excluding hydrogens is 515 g/mol. The van der Waals surface area contributed by atoms with Crippen molar-refractivity contribution in [2.45, 2.75) is 12.8 Å². The molecule has 10 nitrogen and oxygen atoms in total. The molecule has 13 heteroatoms. The maximum Gasteiger partial charge on any atom is 2.00 e. The SMILES string of the molecule is NC1=CC=CCN1CCCS(=O)(=O)[O-].NC1=CC=CCN1CCCS(=O)(=O)[O-].[Pd+2]. The van der Waals surface area contributed by atoms with Crippen LogP contribution >= 0.6 is 0 Å². The van der Waals surface area contributed by atoms with Gasteiger partial charge in [-0.3, -0.25) is 0 Å². The Hall–Kier alpha value is -1.36. The third kappa shape index (κ3) is 13.5. The van der Waals surface area contributed by atoms with Crippen LogP contribution in [-0.4, -0.2) is 73.4 Å². The van der Waals surface area contributed by atoms with Gasteiger partial charge in [-0.05, 0) is 25.0 Å². The Balaban J connectivity index is 0.000000523. The molecule has 0 spiro atoms. The summed E-state index contributed by atoms with van der Waals surface area (Å²) >= 11 is 0. The van der Waals surface area contributed by atoms with Crippen molar-refractivity contribution < 1.29 is 46.4 Å². The molecule has 168 valence electrons. The first-order valence-electron chi connectivity index (χ1n) is 8.59. The van der Waals surface area contributed by atoms with Crippen LogP contribution in [0.1, 0.15) is 12.8 Å². The summed E-state index contributed by atoms with van der Waals surface area (Å²) in [6, 6.07) is 0. The number of allylic oxidation sites excluding steroid dienone is 4. The Bertz CT molecular complexity index is 767. The number of nitrogens with two attached hydrogens (primary N) is 2. The van der Waals surface area contributed by atoms with Crippen LogP contribution in [0.5, 0.6) is 0 Å². The van der Waals surface area contributed by atoms with Crippen LogP contribution in [0.15, 0.2) is 48.1 Å². The summed E-state index contributed by atoms with van der Waals surface area (Å²) < 4.78 is 61.9. The predicted octanol–water partition coefficient (Wildman–Crippen LogP) is -0.815. The van der Waals surface area contributed by atoms with Gasteiger partial charge < -0.3 is 30.4 Å². The molecule has 0 aromatic heterocycles. The van der Waals surface area contributed by atoms with Crippen LogP contribution in [0.3, 0.4) is 0 Å². The molecule has 0 radical (unpaired) electrons. The third-order valence-corrected chi connectivity index (χ3v) is 5.41. The van der Waals surface area contributed by atoms with E-state index in [-0.39, 0.29) is 31.9 Å². The molecule has 0 amide bonds. The minimum atomic E-state index is -4.10. The average Bonchev–Trinajstić information content (AvgIpc) is 2.57. The van der Waals surface area contributed by atoms with E-state index in [1.54, 1.807) is 12.2 Å². The first-order chi connectivity index (χ1) is 13.0. The summed E-state index contributed by atoms with van der Waals surface area (Å²) in [6.45, 7) is 2.32. The number of rotatable bonds is 8. The summed E-state index contributed by atoms with van der Waals surface area (Å²) in [4.78, 5) is 3.65. The Labute approximate surface area is 186 Å². The van der Waals surface area contributed by atoms with Crippen molar-refractivity contribution in [2.75, 3.05) is 37.7 Å². The topological polar surface area (TPSA) is 173 Å². The van der Waals surface area contributed by atoms with E-state index >= 15 is 0 Å². The molecule has 0 aromatic carbocycles. The second-order valence-corrected chi connectivity index (χ2v) is 9.21. The van der Waals surface area contributed by atoms with Gasteiger partial charge in [-0.1, -0.05) is 24.3 Å². The normalized spacial score (nSPS) is 16.3. The molecule has 0 aliphatic carbocycles. The smallest absolute Gasteiger partial charge is 0.748 e. The molecule has 2 heterocycles. The summed E-state index contributed by atoms with van der Waals surface area (Å²) in [6.07, 6.45) is 11.6. The van der Waals surface area contributed by atoms with Gasteiger partial charge in [0.05, 0.1) is 31.9 Å². The van der Waals surface area contributed by atoms with Crippen LogP contribution in [-0.2, 0) is 40.7 Å². The molecule has 0 aromatic rings. The van der Waals surface area contributed by atoms with E-state index in [4.69, 9.17) is 11.5 Å². The molecule has 0 unspecified atom stereocenters. The molecule has 29 heavy (non-hydrogen) atoms. The molecule has 2 aliphatic rings. The molecule has 2 aliphatic heterocycles. The maximum atomic E-state index is 10.3. The number of nitrogens with zero attached hydrogens (tertiary/aromatic N) is 2. The Morgan fingerprint density at radius 3 is 1.41 bits per heavy atom. The van der Waals surface area contributed by atoms with Gasteiger partial charge in [0.1, 0.15) is 0 Å². The Morgan fingerprint density at radius 2 is 1.14 bits per heavy atom. The number of hydrogen-bond donors (Lipinski definition) is 2. The van der Waals surface area contributed by atoms with Gasteiger partial charge in [0.25, 0.3) is 0 Å². The molecule has 2 rings (SSSR count). The van der Waals surface area contributed by atoms with E-state index in [1.165, 1.54) is 0 Å². The molecule has 4 N–H and O–H groups in total. The molecule has 0 saturated heterocycles. The summed E-state index contributed by atoms with van der Waals surface area (Å²) in [5.41, 5.74) is 11.3. The molecular formula is C16H26N4O6PdS2. The zero-order chi connectivity index (χ0) is 21.2. The van der Waals surface area contributed by atoms with E-state index in [0.29, 0.717) is 50.7 Å². The summed E-state index contributed by atoms with van der Waals surface area (Å²) in [5.74, 6) is 0.549. The monoisotopic (exact) mass is 540 g/mol. The fourth-order valence-electron chi connectivity index (χ4n) is 2.44. The largest absolute Gasteiger partial charge is 2.00 e. The fraction of sp³-hybridized carbons (Fsp3) is 0.500. The molecule has 0 atom stereocenters. The van der Waals surface area contributed by atoms with Gasteiger partial charge in [-0.15, -0.1) is 0 Å². The van der Waals surface area contributed by atoms with Crippen LogP contribution in [0, 0.1) is 0 Å². The van der Waals surface area contributed by atoms with E-state index in [2.05, 4.69) is 0 Å². The van der Waals surface area contributed by atoms with E-state index in [0.717, 1.165) is 0 Å². The van der Waals surface area contributed by atoms with E-state index in [9.17, 15) is 25.9 Å². The average molecular weight is 541 g/mol. The zero-order valence-corrected chi connectivity index (χ0v) is 18.9. The summed E-state index contributed by atoms with van der Waals surface area (Å²) in [7, 11) is -8.19. The van der Waals surface area contributed by atoms with Crippen molar-refractivity contribution in [1.29, 1.82) is 0 Å². The van der Waals surface area contributed by atoms with Crippen LogP contribution in [0.25, 0.3) is 0 Å². The van der Waals surface area contributed by atoms with Crippen molar-refractivity contribution in [1.82, 2.24) is 9.80 Å². The standard InChI is InChI=1S/2C8H14N2O3S.Pd/c2*9-8-4-1-2-5-10(8)6-3-7-14(11,12)13;/h2*1-2,4H,3,5-7,9H2,(H,11,12,13);/q;;+2/p-2. The van der Waals surface area contributed by atoms with Gasteiger partial charge in [-0.25, -0.2) is 16.8 Å². The van der Waals surface area contributed by atoms with Gasteiger partial charge in [0.15, 0.2) is 0 Å². The minimum absolute atomic E-state index is 0. The van der Waals surface area contributed by atoms with Crippen molar-refractivity contribution in [3.63, 3.8) is 0 Å². The quantitative estimate of drug-likeness (QED) is 0.292. The van der Waals surface area contributed by atoms with Crippen molar-refractivity contribution in [3.05, 3.63) is 48.1 Å². The van der Waals surface area contributed by atoms with Crippen molar-refractivity contribution in [2.24, 2.45) is 11.5 Å². The van der Waals surface area contributed by atoms with Gasteiger partial charge >= 0.3 is 20.4 Å². The van der Waals surface area contributed by atoms with Crippen molar-refractivity contribution >= 4 is 20.2 Å². The predicted molar refractivity (Wildman–Crippen MR) is 104 cm³/mol. The van der Waals surface area contributed by atoms with Crippen molar-refractivity contribution in [3.8, 4) is 0 Å². The minimum Gasteiger partial charge on any atom is -0.748 e. The summed E-state index contributed by atoms with van der Waals surface area (Å²) in [5, 5.41) is 0. The van der Waals surface area contributed by atoms with Gasteiger partial charge in [-0.2, -0.15) is 0 Å².